The Labute approximate surface area is 226 Å². The summed E-state index contributed by atoms with van der Waals surface area (Å²) in [6.07, 6.45) is 4.38. The van der Waals surface area contributed by atoms with Gasteiger partial charge >= 0.3 is 0 Å². The minimum absolute atomic E-state index is 0.109. The second kappa shape index (κ2) is 9.55. The zero-order valence-corrected chi connectivity index (χ0v) is 22.6. The average molecular weight is 550 g/mol. The van der Waals surface area contributed by atoms with Gasteiger partial charge in [-0.25, -0.2) is 0 Å². The topological polar surface area (TPSA) is 64.8 Å². The van der Waals surface area contributed by atoms with E-state index in [1.807, 2.05) is 31.2 Å². The van der Waals surface area contributed by atoms with Crippen LogP contribution in [0.5, 0.6) is 0 Å². The summed E-state index contributed by atoms with van der Waals surface area (Å²) in [5.41, 5.74) is 2.66. The third-order valence-corrected chi connectivity index (χ3v) is 8.90. The number of hydrogen-bond donors (Lipinski definition) is 2. The first-order chi connectivity index (χ1) is 17.3. The molecule has 36 heavy (non-hydrogen) atoms. The number of benzene rings is 2. The van der Waals surface area contributed by atoms with Crippen molar-refractivity contribution in [2.45, 2.75) is 44.2 Å². The van der Waals surface area contributed by atoms with Crippen LogP contribution >= 0.6 is 34.8 Å². The predicted octanol–water partition coefficient (Wildman–Crippen LogP) is 6.63. The molecule has 0 bridgehead atoms. The smallest absolute Gasteiger partial charge is 0.298 e. The quantitative estimate of drug-likeness (QED) is 0.345. The minimum Gasteiger partial charge on any atom is -0.421 e. The molecule has 6 rings (SSSR count). The predicted molar refractivity (Wildman–Crippen MR) is 147 cm³/mol. The van der Waals surface area contributed by atoms with Crippen LogP contribution in [0.4, 0.5) is 11.7 Å². The van der Waals surface area contributed by atoms with E-state index >= 15 is 0 Å². The van der Waals surface area contributed by atoms with Gasteiger partial charge in [0.2, 0.25) is 0 Å². The molecule has 3 fully saturated rings. The Morgan fingerprint density at radius 2 is 1.92 bits per heavy atom. The number of likely N-dealkylation sites (tertiary alicyclic amines) is 1. The summed E-state index contributed by atoms with van der Waals surface area (Å²) in [5.74, 6) is 1.29. The van der Waals surface area contributed by atoms with Crippen LogP contribution in [0.15, 0.2) is 34.7 Å². The first kappa shape index (κ1) is 24.6. The van der Waals surface area contributed by atoms with E-state index in [0.29, 0.717) is 44.2 Å². The lowest BCUT2D eigenvalue weighted by molar-refractivity contribution is 0.0519. The Balaban J connectivity index is 1.14. The standard InChI is InChI=1S/C27H31Cl3N4O2/c1-16(20-5-4-19(28)11-22(20)30)31-24-21(29)6-7-23-25(24)36-26(32-23)34-13-18(14-34)17-3-2-10-33(12-17)15-27(35)8-9-27/h4-7,11,16-18,31,35H,2-3,8-10,12-15H2,1H3/t16-,17+/m1/s1. The number of halogens is 3. The molecule has 1 aromatic heterocycles. The lowest BCUT2D eigenvalue weighted by Gasteiger charge is -2.46. The van der Waals surface area contributed by atoms with Crippen molar-refractivity contribution in [1.29, 1.82) is 0 Å². The number of hydrogen-bond acceptors (Lipinski definition) is 6. The van der Waals surface area contributed by atoms with E-state index < -0.39 is 5.60 Å². The summed E-state index contributed by atoms with van der Waals surface area (Å²) in [4.78, 5) is 9.46. The lowest BCUT2D eigenvalue weighted by atomic mass is 9.80. The van der Waals surface area contributed by atoms with Gasteiger partial charge in [-0.15, -0.1) is 0 Å². The molecule has 2 aromatic carbocycles. The van der Waals surface area contributed by atoms with Crippen LogP contribution in [-0.4, -0.2) is 53.3 Å². The molecule has 192 valence electrons. The SMILES string of the molecule is C[C@@H](Nc1c(Cl)ccc2nc(N3CC([C@H]4CCCN(CC5(O)CC5)C4)C3)oc12)c1ccc(Cl)cc1Cl. The summed E-state index contributed by atoms with van der Waals surface area (Å²) in [5, 5.41) is 15.6. The van der Waals surface area contributed by atoms with E-state index in [9.17, 15) is 5.11 Å². The van der Waals surface area contributed by atoms with Crippen molar-refractivity contribution < 1.29 is 9.52 Å². The van der Waals surface area contributed by atoms with E-state index in [0.717, 1.165) is 56.6 Å². The highest BCUT2D eigenvalue weighted by Gasteiger charge is 2.44. The zero-order chi connectivity index (χ0) is 25.0. The number of rotatable bonds is 7. The van der Waals surface area contributed by atoms with Crippen molar-refractivity contribution >= 4 is 57.6 Å². The van der Waals surface area contributed by atoms with E-state index in [1.54, 1.807) is 6.07 Å². The largest absolute Gasteiger partial charge is 0.421 e. The molecule has 2 saturated heterocycles. The van der Waals surface area contributed by atoms with Gasteiger partial charge < -0.3 is 24.6 Å². The molecule has 0 spiro atoms. The van der Waals surface area contributed by atoms with E-state index in [1.165, 1.54) is 12.8 Å². The maximum atomic E-state index is 10.3. The fraction of sp³-hybridized carbons (Fsp3) is 0.519. The van der Waals surface area contributed by atoms with Crippen LogP contribution in [0.1, 0.15) is 44.2 Å². The monoisotopic (exact) mass is 548 g/mol. The molecular formula is C27H31Cl3N4O2. The molecule has 0 amide bonds. The number of fused-ring (bicyclic) bond motifs is 1. The van der Waals surface area contributed by atoms with Gasteiger partial charge in [-0.1, -0.05) is 40.9 Å². The molecular weight excluding hydrogens is 519 g/mol. The van der Waals surface area contributed by atoms with Gasteiger partial charge in [0, 0.05) is 36.2 Å². The molecule has 6 nitrogen and oxygen atoms in total. The number of anilines is 2. The van der Waals surface area contributed by atoms with Crippen LogP contribution in [0, 0.1) is 11.8 Å². The number of aromatic nitrogens is 1. The van der Waals surface area contributed by atoms with Crippen molar-refractivity contribution in [3.05, 3.63) is 51.0 Å². The third kappa shape index (κ3) is 4.91. The summed E-state index contributed by atoms with van der Waals surface area (Å²) < 4.78 is 6.27. The van der Waals surface area contributed by atoms with Gasteiger partial charge in [0.25, 0.3) is 6.01 Å². The van der Waals surface area contributed by atoms with Crippen LogP contribution in [0.25, 0.3) is 11.1 Å². The summed E-state index contributed by atoms with van der Waals surface area (Å²) >= 11 is 19.1. The highest BCUT2D eigenvalue weighted by molar-refractivity contribution is 6.35. The fourth-order valence-electron chi connectivity index (χ4n) is 5.68. The van der Waals surface area contributed by atoms with Crippen LogP contribution in [0.2, 0.25) is 15.1 Å². The molecule has 9 heteroatoms. The third-order valence-electron chi connectivity index (χ3n) is 8.02. The number of β-amino-alcohol motifs (C(OH)–C–C–N with tert-alkyl or cyclic N) is 1. The number of oxazole rings is 1. The Bertz CT molecular complexity index is 1270. The number of nitrogens with zero attached hydrogens (tertiary/aromatic N) is 3. The van der Waals surface area contributed by atoms with E-state index in [4.69, 9.17) is 44.2 Å². The van der Waals surface area contributed by atoms with Gasteiger partial charge in [0.05, 0.1) is 22.4 Å². The Morgan fingerprint density at radius 3 is 2.67 bits per heavy atom. The number of nitrogens with one attached hydrogen (secondary N) is 1. The summed E-state index contributed by atoms with van der Waals surface area (Å²) in [6.45, 7) is 6.95. The van der Waals surface area contributed by atoms with Gasteiger partial charge in [0.15, 0.2) is 5.58 Å². The molecule has 1 saturated carbocycles. The van der Waals surface area contributed by atoms with Crippen molar-refractivity contribution in [2.24, 2.45) is 11.8 Å². The minimum atomic E-state index is -0.408. The van der Waals surface area contributed by atoms with Crippen LogP contribution < -0.4 is 10.2 Å². The van der Waals surface area contributed by atoms with E-state index in [2.05, 4.69) is 15.1 Å². The number of aliphatic hydroxyl groups is 1. The summed E-state index contributed by atoms with van der Waals surface area (Å²) in [6, 6.07) is 9.76. The fourth-order valence-corrected chi connectivity index (χ4v) is 6.45. The average Bonchev–Trinajstić information content (AvgIpc) is 3.37. The molecule has 0 radical (unpaired) electrons. The van der Waals surface area contributed by atoms with Crippen LogP contribution in [0.3, 0.4) is 0 Å². The second-order valence-corrected chi connectivity index (χ2v) is 12.1. The molecule has 3 aromatic rings. The number of piperidine rings is 1. The van der Waals surface area contributed by atoms with E-state index in [-0.39, 0.29) is 6.04 Å². The molecule has 3 heterocycles. The first-order valence-electron chi connectivity index (χ1n) is 12.8. The first-order valence-corrected chi connectivity index (χ1v) is 13.9. The lowest BCUT2D eigenvalue weighted by Crippen LogP contribution is -2.54. The maximum Gasteiger partial charge on any atom is 0.298 e. The summed E-state index contributed by atoms with van der Waals surface area (Å²) in [7, 11) is 0. The maximum absolute atomic E-state index is 10.3. The Morgan fingerprint density at radius 1 is 1.11 bits per heavy atom. The Kier molecular flexibility index (Phi) is 6.54. The van der Waals surface area contributed by atoms with Gasteiger partial charge in [-0.05, 0) is 80.8 Å². The van der Waals surface area contributed by atoms with Crippen molar-refractivity contribution in [1.82, 2.24) is 9.88 Å². The molecule has 0 unspecified atom stereocenters. The van der Waals surface area contributed by atoms with Crippen molar-refractivity contribution in [3.63, 3.8) is 0 Å². The molecule has 2 N–H and O–H groups in total. The highest BCUT2D eigenvalue weighted by Crippen LogP contribution is 2.41. The zero-order valence-electron chi connectivity index (χ0n) is 20.3. The molecule has 2 atom stereocenters. The molecule has 1 aliphatic carbocycles. The Hall–Kier alpha value is -1.70. The van der Waals surface area contributed by atoms with Gasteiger partial charge in [-0.2, -0.15) is 4.98 Å². The van der Waals surface area contributed by atoms with Crippen molar-refractivity contribution in [2.75, 3.05) is 42.9 Å². The highest BCUT2D eigenvalue weighted by atomic mass is 35.5. The second-order valence-electron chi connectivity index (χ2n) is 10.8. The molecule has 3 aliphatic rings. The normalized spacial score (nSPS) is 23.0. The van der Waals surface area contributed by atoms with Gasteiger partial charge in [-0.3, -0.25) is 0 Å². The van der Waals surface area contributed by atoms with Crippen LogP contribution in [-0.2, 0) is 0 Å². The van der Waals surface area contributed by atoms with Gasteiger partial charge in [0.1, 0.15) is 5.52 Å². The molecule has 2 aliphatic heterocycles. The van der Waals surface area contributed by atoms with Crippen molar-refractivity contribution in [3.8, 4) is 0 Å².